The first-order chi connectivity index (χ1) is 7.08. The molecule has 0 aliphatic heterocycles. The maximum Gasteiger partial charge on any atom is 0.227 e. The van der Waals surface area contributed by atoms with Crippen LogP contribution in [0.2, 0.25) is 0 Å². The Morgan fingerprint density at radius 1 is 1.20 bits per heavy atom. The van der Waals surface area contributed by atoms with E-state index in [1.807, 2.05) is 31.2 Å². The van der Waals surface area contributed by atoms with Crippen LogP contribution in [-0.2, 0) is 16.1 Å². The van der Waals surface area contributed by atoms with Crippen molar-refractivity contribution in [3.05, 3.63) is 35.4 Å². The summed E-state index contributed by atoms with van der Waals surface area (Å²) in [6, 6.07) is 7.91. The molecule has 3 nitrogen and oxygen atoms in total. The predicted octanol–water partition coefficient (Wildman–Crippen LogP) is 1.59. The minimum Gasteiger partial charge on any atom is -0.352 e. The van der Waals surface area contributed by atoms with Gasteiger partial charge >= 0.3 is 0 Å². The Morgan fingerprint density at radius 3 is 2.33 bits per heavy atom. The summed E-state index contributed by atoms with van der Waals surface area (Å²) in [5.41, 5.74) is 2.23. The SMILES string of the molecule is CC(=O)CC(=O)NCc1ccc(C)cc1. The second-order valence-electron chi connectivity index (χ2n) is 3.64. The van der Waals surface area contributed by atoms with Crippen molar-refractivity contribution in [3.63, 3.8) is 0 Å². The summed E-state index contributed by atoms with van der Waals surface area (Å²) < 4.78 is 0. The fraction of sp³-hybridized carbons (Fsp3) is 0.333. The van der Waals surface area contributed by atoms with Gasteiger partial charge in [0.25, 0.3) is 0 Å². The molecule has 80 valence electrons. The Morgan fingerprint density at radius 2 is 1.80 bits per heavy atom. The molecule has 0 saturated heterocycles. The number of benzene rings is 1. The van der Waals surface area contributed by atoms with Gasteiger partial charge < -0.3 is 5.32 Å². The summed E-state index contributed by atoms with van der Waals surface area (Å²) >= 11 is 0. The monoisotopic (exact) mass is 205 g/mol. The van der Waals surface area contributed by atoms with Crippen molar-refractivity contribution in [2.24, 2.45) is 0 Å². The molecular formula is C12H15NO2. The molecule has 1 aromatic rings. The molecule has 1 N–H and O–H groups in total. The number of rotatable bonds is 4. The van der Waals surface area contributed by atoms with Crippen molar-refractivity contribution < 1.29 is 9.59 Å². The van der Waals surface area contributed by atoms with E-state index in [-0.39, 0.29) is 18.1 Å². The van der Waals surface area contributed by atoms with E-state index in [4.69, 9.17) is 0 Å². The fourth-order valence-electron chi connectivity index (χ4n) is 1.20. The lowest BCUT2D eigenvalue weighted by Gasteiger charge is -2.04. The van der Waals surface area contributed by atoms with Crippen molar-refractivity contribution >= 4 is 11.7 Å². The van der Waals surface area contributed by atoms with E-state index < -0.39 is 0 Å². The molecule has 0 aliphatic rings. The van der Waals surface area contributed by atoms with E-state index in [1.54, 1.807) is 0 Å². The molecule has 1 aromatic carbocycles. The third kappa shape index (κ3) is 4.40. The van der Waals surface area contributed by atoms with Crippen molar-refractivity contribution in [3.8, 4) is 0 Å². The number of nitrogens with one attached hydrogen (secondary N) is 1. The normalized spacial score (nSPS) is 9.73. The van der Waals surface area contributed by atoms with Crippen molar-refractivity contribution in [1.82, 2.24) is 5.32 Å². The zero-order chi connectivity index (χ0) is 11.3. The maximum absolute atomic E-state index is 11.2. The largest absolute Gasteiger partial charge is 0.352 e. The average molecular weight is 205 g/mol. The Kier molecular flexibility index (Phi) is 4.03. The highest BCUT2D eigenvalue weighted by molar-refractivity contribution is 5.96. The van der Waals surface area contributed by atoms with Crippen LogP contribution in [0.4, 0.5) is 0 Å². The summed E-state index contributed by atoms with van der Waals surface area (Å²) in [5.74, 6) is -0.334. The summed E-state index contributed by atoms with van der Waals surface area (Å²) in [6.07, 6.45) is -0.0359. The lowest BCUT2D eigenvalue weighted by atomic mass is 10.1. The zero-order valence-electron chi connectivity index (χ0n) is 9.04. The van der Waals surface area contributed by atoms with Crippen LogP contribution < -0.4 is 5.32 Å². The molecule has 0 spiro atoms. The van der Waals surface area contributed by atoms with Crippen molar-refractivity contribution in [2.75, 3.05) is 0 Å². The third-order valence-corrected chi connectivity index (χ3v) is 2.02. The number of aryl methyl sites for hydroxylation is 1. The molecule has 0 unspecified atom stereocenters. The van der Waals surface area contributed by atoms with Gasteiger partial charge in [-0.05, 0) is 19.4 Å². The molecule has 1 rings (SSSR count). The quantitative estimate of drug-likeness (QED) is 0.759. The van der Waals surface area contributed by atoms with Gasteiger partial charge in [-0.15, -0.1) is 0 Å². The second-order valence-corrected chi connectivity index (χ2v) is 3.64. The van der Waals surface area contributed by atoms with Crippen LogP contribution in [0.3, 0.4) is 0 Å². The van der Waals surface area contributed by atoms with E-state index in [1.165, 1.54) is 12.5 Å². The Balaban J connectivity index is 2.40. The second kappa shape index (κ2) is 5.29. The molecule has 0 atom stereocenters. The first kappa shape index (κ1) is 11.4. The first-order valence-corrected chi connectivity index (χ1v) is 4.89. The Bertz CT molecular complexity index is 354. The number of carbonyl (C=O) groups excluding carboxylic acids is 2. The Labute approximate surface area is 89.5 Å². The van der Waals surface area contributed by atoms with Gasteiger partial charge in [0.15, 0.2) is 0 Å². The Hall–Kier alpha value is -1.64. The molecule has 1 amide bonds. The number of hydrogen-bond donors (Lipinski definition) is 1. The topological polar surface area (TPSA) is 46.2 Å². The molecule has 0 fully saturated rings. The molecule has 0 aliphatic carbocycles. The zero-order valence-corrected chi connectivity index (χ0v) is 9.04. The number of Topliss-reactive ketones (excluding diaryl/α,β-unsaturated/α-hetero) is 1. The smallest absolute Gasteiger partial charge is 0.227 e. The highest BCUT2D eigenvalue weighted by Crippen LogP contribution is 2.02. The highest BCUT2D eigenvalue weighted by atomic mass is 16.2. The van der Waals surface area contributed by atoms with Gasteiger partial charge in [0.2, 0.25) is 5.91 Å². The van der Waals surface area contributed by atoms with Gasteiger partial charge in [-0.1, -0.05) is 29.8 Å². The molecule has 3 heteroatoms. The summed E-state index contributed by atoms with van der Waals surface area (Å²) in [5, 5.41) is 2.69. The van der Waals surface area contributed by atoms with Crippen LogP contribution >= 0.6 is 0 Å². The van der Waals surface area contributed by atoms with Crippen LogP contribution in [0.25, 0.3) is 0 Å². The van der Waals surface area contributed by atoms with E-state index in [0.29, 0.717) is 6.54 Å². The van der Waals surface area contributed by atoms with E-state index >= 15 is 0 Å². The van der Waals surface area contributed by atoms with E-state index in [0.717, 1.165) is 5.56 Å². The minimum atomic E-state index is -0.219. The lowest BCUT2D eigenvalue weighted by Crippen LogP contribution is -2.24. The molecule has 0 saturated carbocycles. The van der Waals surface area contributed by atoms with Gasteiger partial charge in [0.1, 0.15) is 5.78 Å². The molecular weight excluding hydrogens is 190 g/mol. The fourth-order valence-corrected chi connectivity index (χ4v) is 1.20. The van der Waals surface area contributed by atoms with Crippen molar-refractivity contribution in [2.45, 2.75) is 26.8 Å². The van der Waals surface area contributed by atoms with Crippen LogP contribution in [0.5, 0.6) is 0 Å². The van der Waals surface area contributed by atoms with Crippen LogP contribution in [0, 0.1) is 6.92 Å². The van der Waals surface area contributed by atoms with Crippen LogP contribution in [0.1, 0.15) is 24.5 Å². The predicted molar refractivity (Wildman–Crippen MR) is 58.3 cm³/mol. The standard InChI is InChI=1S/C12H15NO2/c1-9-3-5-11(6-4-9)8-13-12(15)7-10(2)14/h3-6H,7-8H2,1-2H3,(H,13,15). The third-order valence-electron chi connectivity index (χ3n) is 2.02. The number of ketones is 1. The van der Waals surface area contributed by atoms with Gasteiger partial charge in [0, 0.05) is 6.54 Å². The van der Waals surface area contributed by atoms with Crippen molar-refractivity contribution in [1.29, 1.82) is 0 Å². The number of amides is 1. The number of hydrogen-bond acceptors (Lipinski definition) is 2. The summed E-state index contributed by atoms with van der Waals surface area (Å²) in [7, 11) is 0. The van der Waals surface area contributed by atoms with E-state index in [2.05, 4.69) is 5.32 Å². The first-order valence-electron chi connectivity index (χ1n) is 4.89. The maximum atomic E-state index is 11.2. The molecule has 0 aromatic heterocycles. The average Bonchev–Trinajstić information content (AvgIpc) is 2.16. The van der Waals surface area contributed by atoms with Gasteiger partial charge in [-0.3, -0.25) is 9.59 Å². The molecule has 0 heterocycles. The summed E-state index contributed by atoms with van der Waals surface area (Å²) in [6.45, 7) is 3.90. The van der Waals surface area contributed by atoms with Crippen LogP contribution in [-0.4, -0.2) is 11.7 Å². The lowest BCUT2D eigenvalue weighted by molar-refractivity contribution is -0.127. The van der Waals surface area contributed by atoms with Gasteiger partial charge in [0.05, 0.1) is 6.42 Å². The molecule has 0 bridgehead atoms. The van der Waals surface area contributed by atoms with Gasteiger partial charge in [-0.2, -0.15) is 0 Å². The van der Waals surface area contributed by atoms with Gasteiger partial charge in [-0.25, -0.2) is 0 Å². The summed E-state index contributed by atoms with van der Waals surface area (Å²) in [4.78, 5) is 21.8. The minimum absolute atomic E-state index is 0.0359. The van der Waals surface area contributed by atoms with E-state index in [9.17, 15) is 9.59 Å². The molecule has 15 heavy (non-hydrogen) atoms. The van der Waals surface area contributed by atoms with Crippen LogP contribution in [0.15, 0.2) is 24.3 Å². The number of carbonyl (C=O) groups is 2. The highest BCUT2D eigenvalue weighted by Gasteiger charge is 2.03. The molecule has 0 radical (unpaired) electrons.